The van der Waals surface area contributed by atoms with Gasteiger partial charge in [-0.2, -0.15) is 5.10 Å². The number of hydrogen-bond donors (Lipinski definition) is 1. The maximum atomic E-state index is 4.19. The minimum Gasteiger partial charge on any atom is -0.315 e. The van der Waals surface area contributed by atoms with Gasteiger partial charge < -0.3 is 5.32 Å². The number of nitrogens with zero attached hydrogens (tertiary/aromatic N) is 3. The summed E-state index contributed by atoms with van der Waals surface area (Å²) >= 11 is 4.82. The van der Waals surface area contributed by atoms with Crippen molar-refractivity contribution >= 4 is 38.2 Å². The lowest BCUT2D eigenvalue weighted by Gasteiger charge is -1.94. The van der Waals surface area contributed by atoms with Crippen molar-refractivity contribution in [3.63, 3.8) is 0 Å². The van der Waals surface area contributed by atoms with Crippen LogP contribution in [0.4, 0.5) is 10.9 Å². The van der Waals surface area contributed by atoms with Gasteiger partial charge in [-0.05, 0) is 15.9 Å². The molecule has 0 fully saturated rings. The molecule has 0 saturated heterocycles. The molecule has 6 heteroatoms. The van der Waals surface area contributed by atoms with Gasteiger partial charge in [0.1, 0.15) is 4.60 Å². The van der Waals surface area contributed by atoms with E-state index in [2.05, 4.69) is 31.3 Å². The van der Waals surface area contributed by atoms with Crippen molar-refractivity contribution in [1.29, 1.82) is 0 Å². The minimum atomic E-state index is 0.810. The number of anilines is 2. The highest BCUT2D eigenvalue weighted by Gasteiger charge is 2.01. The lowest BCUT2D eigenvalue weighted by molar-refractivity contribution is 0.771. The standard InChI is InChI=1S/C7H7BrN4S/c1-12-3-2-6(11-12)10-7-9-5(8)4-13-7/h2-4H,1H3,(H,9,10,11). The van der Waals surface area contributed by atoms with Crippen molar-refractivity contribution in [2.75, 3.05) is 5.32 Å². The molecule has 0 aliphatic carbocycles. The van der Waals surface area contributed by atoms with E-state index in [0.717, 1.165) is 15.6 Å². The average molecular weight is 259 g/mol. The van der Waals surface area contributed by atoms with E-state index < -0.39 is 0 Å². The largest absolute Gasteiger partial charge is 0.315 e. The molecular weight excluding hydrogens is 252 g/mol. The molecular formula is C7H7BrN4S. The van der Waals surface area contributed by atoms with Crippen LogP contribution in [0.5, 0.6) is 0 Å². The molecule has 2 heterocycles. The summed E-state index contributed by atoms with van der Waals surface area (Å²) in [6, 6.07) is 1.90. The quantitative estimate of drug-likeness (QED) is 0.900. The first kappa shape index (κ1) is 8.71. The molecule has 0 aromatic carbocycles. The van der Waals surface area contributed by atoms with Crippen LogP contribution in [-0.4, -0.2) is 14.8 Å². The third-order valence-corrected chi connectivity index (χ3v) is 2.89. The van der Waals surface area contributed by atoms with Gasteiger partial charge in [0.15, 0.2) is 10.9 Å². The van der Waals surface area contributed by atoms with Crippen molar-refractivity contribution < 1.29 is 0 Å². The van der Waals surface area contributed by atoms with E-state index in [-0.39, 0.29) is 0 Å². The van der Waals surface area contributed by atoms with Crippen molar-refractivity contribution in [2.24, 2.45) is 7.05 Å². The Bertz CT molecular complexity index is 370. The molecule has 2 aromatic rings. The van der Waals surface area contributed by atoms with Gasteiger partial charge in [-0.25, -0.2) is 4.98 Å². The third kappa shape index (κ3) is 2.07. The molecule has 0 spiro atoms. The smallest absolute Gasteiger partial charge is 0.189 e. The fourth-order valence-electron chi connectivity index (χ4n) is 0.903. The summed E-state index contributed by atoms with van der Waals surface area (Å²) in [5.74, 6) is 0.810. The molecule has 0 unspecified atom stereocenters. The van der Waals surface area contributed by atoms with E-state index in [9.17, 15) is 0 Å². The lowest BCUT2D eigenvalue weighted by Crippen LogP contribution is -1.92. The Kier molecular flexibility index (Phi) is 2.32. The van der Waals surface area contributed by atoms with E-state index in [4.69, 9.17) is 0 Å². The topological polar surface area (TPSA) is 42.7 Å². The van der Waals surface area contributed by atoms with E-state index in [1.54, 1.807) is 4.68 Å². The summed E-state index contributed by atoms with van der Waals surface area (Å²) in [4.78, 5) is 4.19. The van der Waals surface area contributed by atoms with Gasteiger partial charge in [0.2, 0.25) is 0 Å². The van der Waals surface area contributed by atoms with E-state index in [0.29, 0.717) is 0 Å². The van der Waals surface area contributed by atoms with Crippen LogP contribution in [-0.2, 0) is 7.05 Å². The molecule has 0 saturated carbocycles. The normalized spacial score (nSPS) is 10.3. The summed E-state index contributed by atoms with van der Waals surface area (Å²) in [6.07, 6.45) is 1.88. The zero-order chi connectivity index (χ0) is 9.26. The van der Waals surface area contributed by atoms with Crippen LogP contribution in [0.25, 0.3) is 0 Å². The summed E-state index contributed by atoms with van der Waals surface area (Å²) in [5.41, 5.74) is 0. The average Bonchev–Trinajstić information content (AvgIpc) is 2.62. The van der Waals surface area contributed by atoms with E-state index in [1.165, 1.54) is 11.3 Å². The molecule has 1 N–H and O–H groups in total. The molecule has 0 bridgehead atoms. The zero-order valence-electron chi connectivity index (χ0n) is 6.86. The van der Waals surface area contributed by atoms with Gasteiger partial charge in [-0.15, -0.1) is 11.3 Å². The van der Waals surface area contributed by atoms with Gasteiger partial charge in [-0.3, -0.25) is 4.68 Å². The zero-order valence-corrected chi connectivity index (χ0v) is 9.26. The van der Waals surface area contributed by atoms with Crippen molar-refractivity contribution in [1.82, 2.24) is 14.8 Å². The number of halogens is 1. The Balaban J connectivity index is 2.14. The summed E-state index contributed by atoms with van der Waals surface area (Å²) in [7, 11) is 1.88. The highest BCUT2D eigenvalue weighted by Crippen LogP contribution is 2.22. The maximum Gasteiger partial charge on any atom is 0.189 e. The predicted octanol–water partition coefficient (Wildman–Crippen LogP) is 2.38. The van der Waals surface area contributed by atoms with Gasteiger partial charge in [-0.1, -0.05) is 0 Å². The van der Waals surface area contributed by atoms with Crippen molar-refractivity contribution in [2.45, 2.75) is 0 Å². The molecule has 13 heavy (non-hydrogen) atoms. The van der Waals surface area contributed by atoms with Crippen LogP contribution in [0.15, 0.2) is 22.2 Å². The SMILES string of the molecule is Cn1ccc(Nc2nc(Br)cs2)n1. The minimum absolute atomic E-state index is 0.810. The Hall–Kier alpha value is -0.880. The molecule has 0 atom stereocenters. The Morgan fingerprint density at radius 1 is 1.62 bits per heavy atom. The molecule has 2 aromatic heterocycles. The second-order valence-electron chi connectivity index (χ2n) is 2.48. The second-order valence-corrected chi connectivity index (χ2v) is 4.15. The molecule has 0 amide bonds. The summed E-state index contributed by atoms with van der Waals surface area (Å²) in [6.45, 7) is 0. The number of thiazole rings is 1. The van der Waals surface area contributed by atoms with Gasteiger partial charge in [0.25, 0.3) is 0 Å². The van der Waals surface area contributed by atoms with E-state index in [1.807, 2.05) is 24.7 Å². The molecule has 0 radical (unpaired) electrons. The lowest BCUT2D eigenvalue weighted by atomic mass is 10.6. The van der Waals surface area contributed by atoms with Crippen molar-refractivity contribution in [3.8, 4) is 0 Å². The molecule has 4 nitrogen and oxygen atoms in total. The Labute approximate surface area is 87.7 Å². The number of aromatic nitrogens is 3. The molecule has 2 rings (SSSR count). The first-order chi connectivity index (χ1) is 6.24. The second kappa shape index (κ2) is 3.47. The van der Waals surface area contributed by atoms with Crippen molar-refractivity contribution in [3.05, 3.63) is 22.2 Å². The van der Waals surface area contributed by atoms with Crippen LogP contribution in [0.1, 0.15) is 0 Å². The summed E-state index contributed by atoms with van der Waals surface area (Å²) < 4.78 is 2.58. The van der Waals surface area contributed by atoms with Gasteiger partial charge in [0.05, 0.1) is 0 Å². The van der Waals surface area contributed by atoms with Crippen LogP contribution < -0.4 is 5.32 Å². The predicted molar refractivity (Wildman–Crippen MR) is 56.3 cm³/mol. The number of rotatable bonds is 2. The first-order valence-corrected chi connectivity index (χ1v) is 5.29. The Morgan fingerprint density at radius 2 is 2.46 bits per heavy atom. The van der Waals surface area contributed by atoms with Crippen LogP contribution in [0.3, 0.4) is 0 Å². The summed E-state index contributed by atoms with van der Waals surface area (Å²) in [5, 5.41) is 10.0. The fraction of sp³-hybridized carbons (Fsp3) is 0.143. The van der Waals surface area contributed by atoms with Gasteiger partial charge in [0, 0.05) is 24.7 Å². The van der Waals surface area contributed by atoms with Gasteiger partial charge >= 0.3 is 0 Å². The number of hydrogen-bond acceptors (Lipinski definition) is 4. The highest BCUT2D eigenvalue weighted by atomic mass is 79.9. The van der Waals surface area contributed by atoms with Crippen LogP contribution in [0, 0.1) is 0 Å². The molecule has 0 aliphatic rings. The maximum absolute atomic E-state index is 4.19. The van der Waals surface area contributed by atoms with E-state index >= 15 is 0 Å². The Morgan fingerprint density at radius 3 is 3.00 bits per heavy atom. The molecule has 68 valence electrons. The molecule has 0 aliphatic heterocycles. The number of aryl methyl sites for hydroxylation is 1. The fourth-order valence-corrected chi connectivity index (χ4v) is 2.05. The third-order valence-electron chi connectivity index (χ3n) is 1.42. The number of nitrogens with one attached hydrogen (secondary N) is 1. The monoisotopic (exact) mass is 258 g/mol. The highest BCUT2D eigenvalue weighted by molar-refractivity contribution is 9.10. The van der Waals surface area contributed by atoms with Crippen LogP contribution >= 0.6 is 27.3 Å². The first-order valence-electron chi connectivity index (χ1n) is 3.62. The van der Waals surface area contributed by atoms with Crippen LogP contribution in [0.2, 0.25) is 0 Å².